The molecule has 0 radical (unpaired) electrons. The lowest BCUT2D eigenvalue weighted by Crippen LogP contribution is -2.26. The molecule has 3 aromatic rings. The second kappa shape index (κ2) is 8.83. The highest BCUT2D eigenvalue weighted by Crippen LogP contribution is 2.22. The Kier molecular flexibility index (Phi) is 6.23. The summed E-state index contributed by atoms with van der Waals surface area (Å²) in [6.07, 6.45) is 1.64. The topological polar surface area (TPSA) is 93.1 Å². The predicted octanol–water partition coefficient (Wildman–Crippen LogP) is 3.63. The number of hydrogen-bond donors (Lipinski definition) is 2. The van der Waals surface area contributed by atoms with Crippen LogP contribution in [0.15, 0.2) is 52.8 Å². The molecule has 150 valence electrons. The highest BCUT2D eigenvalue weighted by atomic mass is 32.1. The first-order chi connectivity index (χ1) is 13.8. The van der Waals surface area contributed by atoms with E-state index in [0.29, 0.717) is 22.3 Å². The molecule has 8 heteroatoms. The predicted molar refractivity (Wildman–Crippen MR) is 115 cm³/mol. The maximum atomic E-state index is 12.4. The third-order valence-corrected chi connectivity index (χ3v) is 4.99. The minimum Gasteiger partial charge on any atom is -0.325 e. The lowest BCUT2D eigenvalue weighted by atomic mass is 10.2. The van der Waals surface area contributed by atoms with Gasteiger partial charge in [-0.2, -0.15) is 0 Å². The Hall–Kier alpha value is -3.26. The number of nitrogens with zero attached hydrogens (tertiary/aromatic N) is 2. The van der Waals surface area contributed by atoms with E-state index in [1.807, 2.05) is 26.2 Å². The first-order valence-electron chi connectivity index (χ1n) is 9.15. The van der Waals surface area contributed by atoms with E-state index in [4.69, 9.17) is 0 Å². The SMILES string of the molecule is Cc1ccc(=O)n(CC(=O)Nc2ccc(C(=O)Nc3nc(C(C)C)cs3)cc2)c1. The van der Waals surface area contributed by atoms with Gasteiger partial charge in [-0.1, -0.05) is 19.9 Å². The number of carbonyl (C=O) groups excluding carboxylic acids is 2. The summed E-state index contributed by atoms with van der Waals surface area (Å²) in [5.74, 6) is -0.284. The third-order valence-electron chi connectivity index (χ3n) is 4.21. The molecular weight excluding hydrogens is 388 g/mol. The molecule has 0 saturated heterocycles. The normalized spacial score (nSPS) is 10.8. The molecule has 0 aliphatic heterocycles. The standard InChI is InChI=1S/C21H22N4O3S/c1-13(2)17-12-29-21(23-17)24-20(28)15-5-7-16(8-6-15)22-18(26)11-25-10-14(3)4-9-19(25)27/h4-10,12-13H,11H2,1-3H3,(H,22,26)(H,23,24,28). The van der Waals surface area contributed by atoms with Gasteiger partial charge in [0, 0.05) is 28.9 Å². The summed E-state index contributed by atoms with van der Waals surface area (Å²) >= 11 is 1.39. The van der Waals surface area contributed by atoms with Crippen molar-refractivity contribution in [3.05, 3.63) is 75.1 Å². The zero-order chi connectivity index (χ0) is 21.0. The quantitative estimate of drug-likeness (QED) is 0.649. The minimum atomic E-state index is -0.320. The van der Waals surface area contributed by atoms with Gasteiger partial charge in [-0.3, -0.25) is 19.7 Å². The molecule has 0 aliphatic carbocycles. The number of hydrogen-bond acceptors (Lipinski definition) is 5. The van der Waals surface area contributed by atoms with Crippen LogP contribution in [-0.2, 0) is 11.3 Å². The van der Waals surface area contributed by atoms with Gasteiger partial charge < -0.3 is 9.88 Å². The van der Waals surface area contributed by atoms with E-state index in [9.17, 15) is 14.4 Å². The number of thiazole rings is 1. The van der Waals surface area contributed by atoms with Crippen LogP contribution in [0.1, 0.15) is 41.4 Å². The van der Waals surface area contributed by atoms with Crippen molar-refractivity contribution in [2.75, 3.05) is 10.6 Å². The highest BCUT2D eigenvalue weighted by Gasteiger charge is 2.11. The zero-order valence-electron chi connectivity index (χ0n) is 16.4. The number of carbonyl (C=O) groups is 2. The highest BCUT2D eigenvalue weighted by molar-refractivity contribution is 7.14. The van der Waals surface area contributed by atoms with Crippen molar-refractivity contribution in [1.82, 2.24) is 9.55 Å². The molecule has 0 atom stereocenters. The van der Waals surface area contributed by atoms with Crippen LogP contribution in [0.25, 0.3) is 0 Å². The summed E-state index contributed by atoms with van der Waals surface area (Å²) in [7, 11) is 0. The van der Waals surface area contributed by atoms with E-state index < -0.39 is 0 Å². The summed E-state index contributed by atoms with van der Waals surface area (Å²) < 4.78 is 1.35. The van der Waals surface area contributed by atoms with Crippen LogP contribution in [-0.4, -0.2) is 21.4 Å². The van der Waals surface area contributed by atoms with Crippen molar-refractivity contribution in [3.63, 3.8) is 0 Å². The van der Waals surface area contributed by atoms with Crippen LogP contribution in [0.5, 0.6) is 0 Å². The van der Waals surface area contributed by atoms with E-state index in [0.717, 1.165) is 11.3 Å². The number of nitrogens with one attached hydrogen (secondary N) is 2. The van der Waals surface area contributed by atoms with Crippen molar-refractivity contribution >= 4 is 34.0 Å². The fraction of sp³-hybridized carbons (Fsp3) is 0.238. The molecule has 0 aliphatic rings. The van der Waals surface area contributed by atoms with E-state index >= 15 is 0 Å². The van der Waals surface area contributed by atoms with E-state index in [2.05, 4.69) is 15.6 Å². The maximum absolute atomic E-state index is 12.4. The Morgan fingerprint density at radius 1 is 1.10 bits per heavy atom. The Morgan fingerprint density at radius 2 is 1.83 bits per heavy atom. The third kappa shape index (κ3) is 5.39. The Morgan fingerprint density at radius 3 is 2.48 bits per heavy atom. The molecule has 2 amide bonds. The second-order valence-electron chi connectivity index (χ2n) is 6.98. The molecule has 0 saturated carbocycles. The first kappa shape index (κ1) is 20.5. The van der Waals surface area contributed by atoms with Crippen molar-refractivity contribution < 1.29 is 9.59 Å². The van der Waals surface area contributed by atoms with Crippen molar-refractivity contribution in [3.8, 4) is 0 Å². The van der Waals surface area contributed by atoms with Crippen LogP contribution >= 0.6 is 11.3 Å². The van der Waals surface area contributed by atoms with Crippen molar-refractivity contribution in [2.45, 2.75) is 33.2 Å². The molecule has 0 unspecified atom stereocenters. The summed E-state index contributed by atoms with van der Waals surface area (Å²) in [5, 5.41) is 7.99. The molecule has 0 fully saturated rings. The second-order valence-corrected chi connectivity index (χ2v) is 7.84. The summed E-state index contributed by atoms with van der Waals surface area (Å²) in [4.78, 5) is 40.8. The monoisotopic (exact) mass is 410 g/mol. The number of aryl methyl sites for hydroxylation is 1. The van der Waals surface area contributed by atoms with Crippen molar-refractivity contribution in [1.29, 1.82) is 0 Å². The van der Waals surface area contributed by atoms with Gasteiger partial charge in [-0.25, -0.2) is 4.98 Å². The molecule has 0 spiro atoms. The average molecular weight is 410 g/mol. The number of aromatic nitrogens is 2. The average Bonchev–Trinajstić information content (AvgIpc) is 3.14. The van der Waals surface area contributed by atoms with Crippen LogP contribution in [0.3, 0.4) is 0 Å². The van der Waals surface area contributed by atoms with Gasteiger partial charge in [0.2, 0.25) is 5.91 Å². The molecular formula is C21H22N4O3S. The van der Waals surface area contributed by atoms with Gasteiger partial charge in [0.05, 0.1) is 5.69 Å². The van der Waals surface area contributed by atoms with Gasteiger partial charge in [0.1, 0.15) is 6.54 Å². The number of rotatable bonds is 6. The van der Waals surface area contributed by atoms with Crippen LogP contribution in [0, 0.1) is 6.92 Å². The van der Waals surface area contributed by atoms with Crippen LogP contribution < -0.4 is 16.2 Å². The van der Waals surface area contributed by atoms with Crippen molar-refractivity contribution in [2.24, 2.45) is 0 Å². The number of pyridine rings is 1. The van der Waals surface area contributed by atoms with Crippen LogP contribution in [0.2, 0.25) is 0 Å². The van der Waals surface area contributed by atoms with Gasteiger partial charge in [-0.05, 0) is 42.7 Å². The minimum absolute atomic E-state index is 0.0784. The Labute approximate surface area is 172 Å². The smallest absolute Gasteiger partial charge is 0.257 e. The molecule has 2 heterocycles. The lowest BCUT2D eigenvalue weighted by molar-refractivity contribution is -0.116. The lowest BCUT2D eigenvalue weighted by Gasteiger charge is -2.09. The molecule has 29 heavy (non-hydrogen) atoms. The summed E-state index contributed by atoms with van der Waals surface area (Å²) in [5.41, 5.74) is 2.60. The fourth-order valence-corrected chi connectivity index (χ4v) is 3.48. The number of amides is 2. The summed E-state index contributed by atoms with van der Waals surface area (Å²) in [6, 6.07) is 9.68. The molecule has 3 rings (SSSR count). The van der Waals surface area contributed by atoms with E-state index in [-0.39, 0.29) is 23.9 Å². The fourth-order valence-electron chi connectivity index (χ4n) is 2.61. The largest absolute Gasteiger partial charge is 0.325 e. The first-order valence-corrected chi connectivity index (χ1v) is 10.0. The summed E-state index contributed by atoms with van der Waals surface area (Å²) in [6.45, 7) is 5.87. The van der Waals surface area contributed by atoms with E-state index in [1.165, 1.54) is 22.0 Å². The molecule has 7 nitrogen and oxygen atoms in total. The number of anilines is 2. The van der Waals surface area contributed by atoms with Gasteiger partial charge >= 0.3 is 0 Å². The molecule has 1 aromatic carbocycles. The Balaban J connectivity index is 1.60. The molecule has 0 bridgehead atoms. The number of benzene rings is 1. The Bertz CT molecular complexity index is 1080. The maximum Gasteiger partial charge on any atom is 0.257 e. The van der Waals surface area contributed by atoms with E-state index in [1.54, 1.807) is 36.5 Å². The molecule has 2 aromatic heterocycles. The van der Waals surface area contributed by atoms with Crippen LogP contribution in [0.4, 0.5) is 10.8 Å². The zero-order valence-corrected chi connectivity index (χ0v) is 17.2. The van der Waals surface area contributed by atoms with Gasteiger partial charge in [0.15, 0.2) is 5.13 Å². The van der Waals surface area contributed by atoms with Gasteiger partial charge in [-0.15, -0.1) is 11.3 Å². The van der Waals surface area contributed by atoms with Gasteiger partial charge in [0.25, 0.3) is 11.5 Å². The molecule has 2 N–H and O–H groups in total.